The molecule has 1 atom stereocenters. The third kappa shape index (κ3) is 4.75. The van der Waals surface area contributed by atoms with Crippen LogP contribution in [0.5, 0.6) is 0 Å². The summed E-state index contributed by atoms with van der Waals surface area (Å²) in [6.45, 7) is 3.00. The normalized spacial score (nSPS) is 17.6. The predicted octanol–water partition coefficient (Wildman–Crippen LogP) is 3.24. The van der Waals surface area contributed by atoms with Gasteiger partial charge in [0.2, 0.25) is 5.91 Å². The Morgan fingerprint density at radius 2 is 2.04 bits per heavy atom. The third-order valence-corrected chi connectivity index (χ3v) is 8.34. The van der Waals surface area contributed by atoms with Gasteiger partial charge in [0, 0.05) is 25.6 Å². The van der Waals surface area contributed by atoms with Crippen molar-refractivity contribution in [3.8, 4) is 0 Å². The smallest absolute Gasteiger partial charge is 0.252 e. The lowest BCUT2D eigenvalue weighted by Gasteiger charge is -2.33. The monoisotopic (exact) mass is 410 g/mol. The van der Waals surface area contributed by atoms with E-state index in [2.05, 4.69) is 5.32 Å². The number of hydrogen-bond acceptors (Lipinski definition) is 4. The van der Waals surface area contributed by atoms with Gasteiger partial charge in [-0.25, -0.2) is 12.8 Å². The maximum absolute atomic E-state index is 13.2. The van der Waals surface area contributed by atoms with Crippen LogP contribution in [0.4, 0.5) is 4.39 Å². The first kappa shape index (κ1) is 20.0. The van der Waals surface area contributed by atoms with Crippen LogP contribution in [0.15, 0.2) is 46.0 Å². The summed E-state index contributed by atoms with van der Waals surface area (Å²) in [6.07, 6.45) is 1.30. The summed E-state index contributed by atoms with van der Waals surface area (Å²) >= 11 is 1.22. The number of sulfonamides is 1. The van der Waals surface area contributed by atoms with Crippen molar-refractivity contribution in [3.63, 3.8) is 0 Å². The van der Waals surface area contributed by atoms with Crippen LogP contribution in [-0.2, 0) is 21.4 Å². The number of carbonyl (C=O) groups is 1. The minimum absolute atomic E-state index is 0.0844. The van der Waals surface area contributed by atoms with E-state index >= 15 is 0 Å². The SMILES string of the molecule is CC(C(=O)NCc1cccc(F)c1)C1CCN(S(=O)(=O)c2cccs2)CC1. The highest BCUT2D eigenvalue weighted by molar-refractivity contribution is 7.91. The minimum atomic E-state index is -3.42. The Hall–Kier alpha value is -1.77. The van der Waals surface area contributed by atoms with Crippen LogP contribution < -0.4 is 5.32 Å². The van der Waals surface area contributed by atoms with Crippen molar-refractivity contribution in [2.45, 2.75) is 30.5 Å². The van der Waals surface area contributed by atoms with E-state index < -0.39 is 10.0 Å². The van der Waals surface area contributed by atoms with Crippen LogP contribution in [0, 0.1) is 17.7 Å². The van der Waals surface area contributed by atoms with Gasteiger partial charge in [-0.2, -0.15) is 4.31 Å². The second-order valence-electron chi connectivity index (χ2n) is 6.81. The molecule has 1 N–H and O–H groups in total. The number of hydrogen-bond donors (Lipinski definition) is 1. The van der Waals surface area contributed by atoms with E-state index in [0.717, 1.165) is 0 Å². The predicted molar refractivity (Wildman–Crippen MR) is 103 cm³/mol. The molecule has 0 saturated carbocycles. The molecule has 1 aliphatic rings. The summed E-state index contributed by atoms with van der Waals surface area (Å²) in [4.78, 5) is 12.4. The van der Waals surface area contributed by atoms with Gasteiger partial charge >= 0.3 is 0 Å². The summed E-state index contributed by atoms with van der Waals surface area (Å²) in [5, 5.41) is 4.61. The Labute approximate surface area is 163 Å². The fraction of sp³-hybridized carbons (Fsp3) is 0.421. The lowest BCUT2D eigenvalue weighted by molar-refractivity contribution is -0.126. The van der Waals surface area contributed by atoms with Gasteiger partial charge in [0.25, 0.3) is 10.0 Å². The van der Waals surface area contributed by atoms with Gasteiger partial charge in [0.05, 0.1) is 0 Å². The molecule has 8 heteroatoms. The molecule has 1 aliphatic heterocycles. The van der Waals surface area contributed by atoms with Crippen LogP contribution in [0.25, 0.3) is 0 Å². The summed E-state index contributed by atoms with van der Waals surface area (Å²) in [6, 6.07) is 9.50. The lowest BCUT2D eigenvalue weighted by atomic mass is 9.85. The first-order chi connectivity index (χ1) is 12.9. The highest BCUT2D eigenvalue weighted by Gasteiger charge is 2.33. The van der Waals surface area contributed by atoms with Gasteiger partial charge in [-0.05, 0) is 47.9 Å². The molecule has 5 nitrogen and oxygen atoms in total. The van der Waals surface area contributed by atoms with Crippen LogP contribution in [0.3, 0.4) is 0 Å². The number of amides is 1. The van der Waals surface area contributed by atoms with Crippen molar-refractivity contribution in [2.24, 2.45) is 11.8 Å². The topological polar surface area (TPSA) is 66.5 Å². The first-order valence-corrected chi connectivity index (χ1v) is 11.3. The summed E-state index contributed by atoms with van der Waals surface area (Å²) < 4.78 is 40.2. The molecule has 1 aromatic heterocycles. The molecule has 0 bridgehead atoms. The number of benzene rings is 1. The van der Waals surface area contributed by atoms with Crippen LogP contribution in [0.1, 0.15) is 25.3 Å². The number of rotatable bonds is 6. The van der Waals surface area contributed by atoms with Crippen molar-refractivity contribution in [1.29, 1.82) is 0 Å². The van der Waals surface area contributed by atoms with Gasteiger partial charge < -0.3 is 5.32 Å². The number of nitrogens with zero attached hydrogens (tertiary/aromatic N) is 1. The van der Waals surface area contributed by atoms with Gasteiger partial charge in [-0.3, -0.25) is 4.79 Å². The van der Waals surface area contributed by atoms with E-state index in [1.54, 1.807) is 29.6 Å². The molecule has 3 rings (SSSR count). The van der Waals surface area contributed by atoms with E-state index in [1.165, 1.54) is 27.8 Å². The van der Waals surface area contributed by atoms with E-state index in [9.17, 15) is 17.6 Å². The quantitative estimate of drug-likeness (QED) is 0.795. The molecule has 1 unspecified atom stereocenters. The third-order valence-electron chi connectivity index (χ3n) is 5.06. The molecule has 1 aromatic carbocycles. The van der Waals surface area contributed by atoms with Gasteiger partial charge in [-0.1, -0.05) is 25.1 Å². The Bertz CT molecular complexity index is 876. The molecule has 1 fully saturated rings. The molecule has 0 spiro atoms. The highest BCUT2D eigenvalue weighted by atomic mass is 32.2. The van der Waals surface area contributed by atoms with Crippen molar-refractivity contribution in [3.05, 3.63) is 53.2 Å². The van der Waals surface area contributed by atoms with Crippen LogP contribution in [-0.4, -0.2) is 31.7 Å². The minimum Gasteiger partial charge on any atom is -0.352 e. The van der Waals surface area contributed by atoms with Crippen LogP contribution in [0.2, 0.25) is 0 Å². The fourth-order valence-electron chi connectivity index (χ4n) is 3.36. The summed E-state index contributed by atoms with van der Waals surface area (Å²) in [5.41, 5.74) is 0.715. The van der Waals surface area contributed by atoms with Crippen LogP contribution >= 0.6 is 11.3 Å². The molecule has 0 aliphatic carbocycles. The number of piperidine rings is 1. The summed E-state index contributed by atoms with van der Waals surface area (Å²) in [5.74, 6) is -0.495. The molecular weight excluding hydrogens is 387 g/mol. The van der Waals surface area contributed by atoms with Crippen molar-refractivity contribution >= 4 is 27.3 Å². The Balaban J connectivity index is 1.52. The van der Waals surface area contributed by atoms with Crippen molar-refractivity contribution < 1.29 is 17.6 Å². The molecule has 1 amide bonds. The van der Waals surface area contributed by atoms with Crippen molar-refractivity contribution in [2.75, 3.05) is 13.1 Å². The van der Waals surface area contributed by atoms with E-state index in [1.807, 2.05) is 6.92 Å². The Morgan fingerprint density at radius 1 is 1.30 bits per heavy atom. The number of halogens is 1. The molecule has 2 aromatic rings. The zero-order valence-electron chi connectivity index (χ0n) is 15.1. The number of nitrogens with one attached hydrogen (secondary N) is 1. The van der Waals surface area contributed by atoms with E-state index in [0.29, 0.717) is 35.7 Å². The second kappa shape index (κ2) is 8.50. The standard InChI is InChI=1S/C19H23FN2O3S2/c1-14(19(23)21-13-15-4-2-5-17(20)12-15)16-7-9-22(10-8-16)27(24,25)18-6-3-11-26-18/h2-6,11-12,14,16H,7-10,13H2,1H3,(H,21,23). The average molecular weight is 411 g/mol. The molecular formula is C19H23FN2O3S2. The summed E-state index contributed by atoms with van der Waals surface area (Å²) in [7, 11) is -3.42. The maximum Gasteiger partial charge on any atom is 0.252 e. The van der Waals surface area contributed by atoms with E-state index in [-0.39, 0.29) is 30.1 Å². The van der Waals surface area contributed by atoms with E-state index in [4.69, 9.17) is 0 Å². The zero-order chi connectivity index (χ0) is 19.4. The number of carbonyl (C=O) groups excluding carboxylic acids is 1. The highest BCUT2D eigenvalue weighted by Crippen LogP contribution is 2.29. The largest absolute Gasteiger partial charge is 0.352 e. The molecule has 1 saturated heterocycles. The first-order valence-electron chi connectivity index (χ1n) is 8.94. The van der Waals surface area contributed by atoms with Crippen molar-refractivity contribution in [1.82, 2.24) is 9.62 Å². The lowest BCUT2D eigenvalue weighted by Crippen LogP contribution is -2.42. The molecule has 0 radical (unpaired) electrons. The second-order valence-corrected chi connectivity index (χ2v) is 9.92. The number of thiophene rings is 1. The molecule has 27 heavy (non-hydrogen) atoms. The fourth-order valence-corrected chi connectivity index (χ4v) is 5.98. The zero-order valence-corrected chi connectivity index (χ0v) is 16.7. The maximum atomic E-state index is 13.2. The Morgan fingerprint density at radius 3 is 2.67 bits per heavy atom. The molecule has 146 valence electrons. The van der Waals surface area contributed by atoms with Gasteiger partial charge in [0.15, 0.2) is 0 Å². The Kier molecular flexibility index (Phi) is 6.29. The van der Waals surface area contributed by atoms with Gasteiger partial charge in [-0.15, -0.1) is 11.3 Å². The average Bonchev–Trinajstić information content (AvgIpc) is 3.21. The molecule has 2 heterocycles. The van der Waals surface area contributed by atoms with Gasteiger partial charge in [0.1, 0.15) is 10.0 Å².